The molecule has 0 unspecified atom stereocenters. The van der Waals surface area contributed by atoms with Gasteiger partial charge in [-0.3, -0.25) is 4.90 Å². The number of nitrogens with two attached hydrogens (primary N) is 1. The summed E-state index contributed by atoms with van der Waals surface area (Å²) in [4.78, 5) is 17.0. The summed E-state index contributed by atoms with van der Waals surface area (Å²) in [6, 6.07) is 1.03. The number of hydrazine groups is 1. The Morgan fingerprint density at radius 1 is 1.41 bits per heavy atom. The number of likely N-dealkylation sites (tertiary alicyclic amines) is 1. The highest BCUT2D eigenvalue weighted by molar-refractivity contribution is 5.67. The number of hydrogen-bond donors (Lipinski definition) is 3. The lowest BCUT2D eigenvalue weighted by atomic mass is 10.1. The quantitative estimate of drug-likeness (QED) is 0.530. The van der Waals surface area contributed by atoms with Crippen molar-refractivity contribution in [3.8, 4) is 0 Å². The zero-order chi connectivity index (χ0) is 20.2. The van der Waals surface area contributed by atoms with Gasteiger partial charge in [-0.25, -0.2) is 15.6 Å². The molecule has 0 bridgehead atoms. The molecule has 2 heterocycles. The predicted molar refractivity (Wildman–Crippen MR) is 94.8 cm³/mol. The van der Waals surface area contributed by atoms with Crippen molar-refractivity contribution in [1.29, 1.82) is 0 Å². The number of nitrogens with one attached hydrogen (secondary N) is 2. The lowest BCUT2D eigenvalue weighted by Gasteiger charge is -2.30. The van der Waals surface area contributed by atoms with E-state index in [1.165, 1.54) is 23.2 Å². The number of carbonyl (C=O) groups excluding carboxylic acids is 1. The van der Waals surface area contributed by atoms with Crippen molar-refractivity contribution in [3.63, 3.8) is 0 Å². The van der Waals surface area contributed by atoms with Gasteiger partial charge in [0.15, 0.2) is 0 Å². The minimum absolute atomic E-state index is 0.0576. The molecule has 2 rings (SSSR count). The highest BCUT2D eigenvalue weighted by Gasteiger charge is 2.46. The maximum absolute atomic E-state index is 13.7. The van der Waals surface area contributed by atoms with Gasteiger partial charge in [0.05, 0.1) is 0 Å². The van der Waals surface area contributed by atoms with Gasteiger partial charge < -0.3 is 15.5 Å². The highest BCUT2D eigenvalue weighted by Crippen LogP contribution is 2.40. The van der Waals surface area contributed by atoms with Gasteiger partial charge in [-0.2, -0.15) is 13.2 Å². The molecule has 1 saturated heterocycles. The largest absolute Gasteiger partial charge is 0.444 e. The monoisotopic (exact) mass is 389 g/mol. The molecule has 1 aliphatic heterocycles. The minimum atomic E-state index is -4.44. The molecule has 27 heavy (non-hydrogen) atoms. The number of rotatable bonds is 5. The van der Waals surface area contributed by atoms with Crippen molar-refractivity contribution in [2.24, 2.45) is 11.8 Å². The Morgan fingerprint density at radius 2 is 2.11 bits per heavy atom. The van der Waals surface area contributed by atoms with Crippen molar-refractivity contribution in [1.82, 2.24) is 15.2 Å². The van der Waals surface area contributed by atoms with Gasteiger partial charge in [-0.1, -0.05) is 6.07 Å². The van der Waals surface area contributed by atoms with Crippen LogP contribution in [0.5, 0.6) is 0 Å². The van der Waals surface area contributed by atoms with E-state index in [-0.39, 0.29) is 31.1 Å². The zero-order valence-corrected chi connectivity index (χ0v) is 15.6. The average Bonchev–Trinajstić information content (AvgIpc) is 2.99. The smallest absolute Gasteiger partial charge is 0.408 e. The lowest BCUT2D eigenvalue weighted by Crippen LogP contribution is -2.39. The van der Waals surface area contributed by atoms with Crippen LogP contribution in [-0.2, 0) is 4.74 Å². The summed E-state index contributed by atoms with van der Waals surface area (Å²) in [6.07, 6.45) is -3.27. The van der Waals surface area contributed by atoms with Gasteiger partial charge in [0.1, 0.15) is 17.5 Å². The third-order valence-electron chi connectivity index (χ3n) is 4.18. The second kappa shape index (κ2) is 8.30. The summed E-state index contributed by atoms with van der Waals surface area (Å²) >= 11 is 0. The van der Waals surface area contributed by atoms with Crippen LogP contribution in [0.4, 0.5) is 23.8 Å². The molecule has 1 fully saturated rings. The number of pyridine rings is 1. The number of nitrogen functional groups attached to an aromatic ring is 1. The highest BCUT2D eigenvalue weighted by atomic mass is 19.4. The zero-order valence-electron chi connectivity index (χ0n) is 15.6. The molecule has 10 heteroatoms. The number of carbonyl (C=O) groups is 1. The van der Waals surface area contributed by atoms with Gasteiger partial charge in [-0.05, 0) is 51.3 Å². The predicted octanol–water partition coefficient (Wildman–Crippen LogP) is 2.82. The number of amides is 1. The fourth-order valence-corrected chi connectivity index (χ4v) is 3.06. The van der Waals surface area contributed by atoms with E-state index in [9.17, 15) is 18.0 Å². The topological polar surface area (TPSA) is 92.5 Å². The molecule has 0 radical (unpaired) electrons. The maximum atomic E-state index is 13.7. The summed E-state index contributed by atoms with van der Waals surface area (Å²) in [6.45, 7) is 6.01. The summed E-state index contributed by atoms with van der Waals surface area (Å²) in [5, 5.41) is 2.63. The Hall–Kier alpha value is -2.07. The number of nitrogens with zero attached hydrogens (tertiary/aromatic N) is 2. The minimum Gasteiger partial charge on any atom is -0.444 e. The summed E-state index contributed by atoms with van der Waals surface area (Å²) < 4.78 is 46.2. The van der Waals surface area contributed by atoms with E-state index in [0.29, 0.717) is 12.2 Å². The molecular weight excluding hydrogens is 363 g/mol. The molecule has 1 amide bonds. The first-order chi connectivity index (χ1) is 12.5. The maximum Gasteiger partial charge on any atom is 0.408 e. The Labute approximate surface area is 156 Å². The first-order valence-electron chi connectivity index (χ1n) is 8.70. The van der Waals surface area contributed by atoms with Gasteiger partial charge in [0.2, 0.25) is 0 Å². The fourth-order valence-electron chi connectivity index (χ4n) is 3.06. The number of anilines is 1. The van der Waals surface area contributed by atoms with Gasteiger partial charge in [0, 0.05) is 19.3 Å². The van der Waals surface area contributed by atoms with Gasteiger partial charge >= 0.3 is 12.3 Å². The number of ether oxygens (including phenoxy) is 1. The molecule has 0 saturated carbocycles. The summed E-state index contributed by atoms with van der Waals surface area (Å²) in [5.41, 5.74) is 1.73. The number of aromatic nitrogens is 1. The Bertz CT molecular complexity index is 631. The fraction of sp³-hybridized carbons (Fsp3) is 0.647. The van der Waals surface area contributed by atoms with E-state index in [2.05, 4.69) is 15.7 Å². The van der Waals surface area contributed by atoms with Crippen LogP contribution in [0.25, 0.3) is 0 Å². The molecule has 2 atom stereocenters. The van der Waals surface area contributed by atoms with Crippen LogP contribution < -0.4 is 16.6 Å². The third-order valence-corrected chi connectivity index (χ3v) is 4.18. The molecule has 1 aromatic heterocycles. The Morgan fingerprint density at radius 3 is 2.63 bits per heavy atom. The van der Waals surface area contributed by atoms with E-state index in [0.717, 1.165) is 0 Å². The SMILES string of the molecule is CC(C)(C)OC(=O)NC[C@H]1CCN([C@@H](c2ccc(NN)nc2)C(F)(F)F)C1. The van der Waals surface area contributed by atoms with Crippen molar-refractivity contribution < 1.29 is 22.7 Å². The molecule has 1 aromatic rings. The molecule has 0 aliphatic carbocycles. The number of halogens is 3. The van der Waals surface area contributed by atoms with Crippen LogP contribution in [0.3, 0.4) is 0 Å². The van der Waals surface area contributed by atoms with E-state index in [4.69, 9.17) is 10.6 Å². The van der Waals surface area contributed by atoms with Crippen molar-refractivity contribution >= 4 is 11.9 Å². The van der Waals surface area contributed by atoms with Crippen LogP contribution in [-0.4, -0.2) is 47.4 Å². The summed E-state index contributed by atoms with van der Waals surface area (Å²) in [5.74, 6) is 5.42. The second-order valence-corrected chi connectivity index (χ2v) is 7.60. The standard InChI is InChI=1S/C17H26F3N5O2/c1-16(2,3)27-15(26)23-8-11-6-7-25(10-11)14(17(18,19)20)12-4-5-13(24-21)22-9-12/h4-5,9,11,14H,6-8,10,21H2,1-3H3,(H,22,24)(H,23,26)/t11-,14+/m1/s1. The van der Waals surface area contributed by atoms with E-state index in [1.807, 2.05) is 0 Å². The molecule has 0 spiro atoms. The van der Waals surface area contributed by atoms with Crippen molar-refractivity contribution in [2.75, 3.05) is 25.1 Å². The Balaban J connectivity index is 1.99. The van der Waals surface area contributed by atoms with Crippen LogP contribution >= 0.6 is 0 Å². The van der Waals surface area contributed by atoms with E-state index >= 15 is 0 Å². The van der Waals surface area contributed by atoms with Gasteiger partial charge in [-0.15, -0.1) is 0 Å². The van der Waals surface area contributed by atoms with Crippen LogP contribution in [0.1, 0.15) is 38.8 Å². The van der Waals surface area contributed by atoms with Crippen molar-refractivity contribution in [3.05, 3.63) is 23.9 Å². The molecular formula is C17H26F3N5O2. The number of hydrogen-bond acceptors (Lipinski definition) is 6. The molecule has 7 nitrogen and oxygen atoms in total. The molecule has 4 N–H and O–H groups in total. The first-order valence-corrected chi connectivity index (χ1v) is 8.70. The van der Waals surface area contributed by atoms with Crippen LogP contribution in [0.2, 0.25) is 0 Å². The van der Waals surface area contributed by atoms with Gasteiger partial charge in [0.25, 0.3) is 0 Å². The molecule has 1 aliphatic rings. The third kappa shape index (κ3) is 6.24. The second-order valence-electron chi connectivity index (χ2n) is 7.60. The van der Waals surface area contributed by atoms with E-state index in [1.54, 1.807) is 20.8 Å². The molecule has 0 aromatic carbocycles. The normalized spacial score (nSPS) is 19.6. The Kier molecular flexibility index (Phi) is 6.53. The summed E-state index contributed by atoms with van der Waals surface area (Å²) in [7, 11) is 0. The van der Waals surface area contributed by atoms with E-state index < -0.39 is 23.9 Å². The lowest BCUT2D eigenvalue weighted by molar-refractivity contribution is -0.184. The number of alkyl carbamates (subject to hydrolysis) is 1. The molecule has 152 valence electrons. The van der Waals surface area contributed by atoms with Crippen LogP contribution in [0.15, 0.2) is 18.3 Å². The van der Waals surface area contributed by atoms with Crippen molar-refractivity contribution in [2.45, 2.75) is 45.0 Å². The first kappa shape index (κ1) is 21.2. The average molecular weight is 389 g/mol. The van der Waals surface area contributed by atoms with Crippen LogP contribution in [0, 0.1) is 5.92 Å². The number of alkyl halides is 3.